The largest absolute Gasteiger partial charge is 0.495 e. The van der Waals surface area contributed by atoms with Gasteiger partial charge in [0, 0.05) is 20.1 Å². The molecular formula is C20H23N5O4. The van der Waals surface area contributed by atoms with Crippen molar-refractivity contribution < 1.29 is 9.53 Å². The summed E-state index contributed by atoms with van der Waals surface area (Å²) in [5, 5.41) is 0. The van der Waals surface area contributed by atoms with Crippen LogP contribution in [0.25, 0.3) is 11.2 Å². The van der Waals surface area contributed by atoms with Gasteiger partial charge in [0.15, 0.2) is 11.2 Å². The molecule has 4 rings (SSSR count). The van der Waals surface area contributed by atoms with Crippen LogP contribution in [0.2, 0.25) is 0 Å². The molecule has 9 heteroatoms. The molecule has 1 unspecified atom stereocenters. The number of imidazole rings is 1. The molecule has 3 heterocycles. The van der Waals surface area contributed by atoms with Crippen LogP contribution in [0.5, 0.6) is 5.75 Å². The van der Waals surface area contributed by atoms with Gasteiger partial charge in [0.2, 0.25) is 5.95 Å². The highest BCUT2D eigenvalue weighted by atomic mass is 16.5. The second-order valence-corrected chi connectivity index (χ2v) is 7.52. The van der Waals surface area contributed by atoms with Gasteiger partial charge in [-0.2, -0.15) is 4.98 Å². The van der Waals surface area contributed by atoms with Crippen LogP contribution in [0.1, 0.15) is 13.8 Å². The molecule has 0 bridgehead atoms. The molecule has 0 saturated carbocycles. The minimum Gasteiger partial charge on any atom is -0.495 e. The van der Waals surface area contributed by atoms with Crippen LogP contribution in [-0.2, 0) is 24.9 Å². The third kappa shape index (κ3) is 2.93. The van der Waals surface area contributed by atoms with Gasteiger partial charge in [0.25, 0.3) is 5.56 Å². The molecule has 1 aliphatic heterocycles. The number of para-hydroxylation sites is 2. The maximum Gasteiger partial charge on any atom is 0.332 e. The lowest BCUT2D eigenvalue weighted by Crippen LogP contribution is -2.41. The van der Waals surface area contributed by atoms with Crippen molar-refractivity contribution in [2.45, 2.75) is 26.9 Å². The van der Waals surface area contributed by atoms with Crippen LogP contribution in [-0.4, -0.2) is 38.1 Å². The van der Waals surface area contributed by atoms with Crippen molar-refractivity contribution in [1.29, 1.82) is 0 Å². The molecule has 0 amide bonds. The Hall–Kier alpha value is -3.36. The number of nitrogens with zero attached hydrogens (tertiary/aromatic N) is 5. The van der Waals surface area contributed by atoms with Crippen LogP contribution >= 0.6 is 0 Å². The number of hydrogen-bond donors (Lipinski definition) is 0. The third-order valence-electron chi connectivity index (χ3n) is 5.20. The summed E-state index contributed by atoms with van der Waals surface area (Å²) in [5.41, 5.74) is 0.432. The summed E-state index contributed by atoms with van der Waals surface area (Å²) in [5.74, 6) is 1.24. The number of ether oxygens (including phenoxy) is 1. The Morgan fingerprint density at radius 2 is 1.97 bits per heavy atom. The molecule has 0 aliphatic carbocycles. The number of anilines is 2. The fourth-order valence-corrected chi connectivity index (χ4v) is 3.92. The zero-order chi connectivity index (χ0) is 20.9. The van der Waals surface area contributed by atoms with E-state index in [0.717, 1.165) is 10.3 Å². The number of carbonyl (C=O) groups is 1. The van der Waals surface area contributed by atoms with Crippen LogP contribution in [0.15, 0.2) is 33.9 Å². The Labute approximate surface area is 166 Å². The summed E-state index contributed by atoms with van der Waals surface area (Å²) < 4.78 is 9.66. The number of ketones is 1. The first-order valence-corrected chi connectivity index (χ1v) is 9.43. The quantitative estimate of drug-likeness (QED) is 0.659. The van der Waals surface area contributed by atoms with Crippen LogP contribution in [0.3, 0.4) is 0 Å². The monoisotopic (exact) mass is 397 g/mol. The van der Waals surface area contributed by atoms with Crippen molar-refractivity contribution in [2.75, 3.05) is 18.6 Å². The summed E-state index contributed by atoms with van der Waals surface area (Å²) in [6.07, 6.45) is 0. The molecule has 0 N–H and O–H groups in total. The minimum absolute atomic E-state index is 0.225. The highest BCUT2D eigenvalue weighted by Crippen LogP contribution is 2.37. The molecule has 0 spiro atoms. The predicted octanol–water partition coefficient (Wildman–Crippen LogP) is 1.28. The number of hydrogen-bond acceptors (Lipinski definition) is 6. The Kier molecular flexibility index (Phi) is 4.52. The van der Waals surface area contributed by atoms with Crippen molar-refractivity contribution in [2.24, 2.45) is 13.0 Å². The third-order valence-corrected chi connectivity index (χ3v) is 5.20. The van der Waals surface area contributed by atoms with E-state index in [-0.39, 0.29) is 18.2 Å². The van der Waals surface area contributed by atoms with Gasteiger partial charge >= 0.3 is 5.69 Å². The fraction of sp³-hybridized carbons (Fsp3) is 0.400. The van der Waals surface area contributed by atoms with Gasteiger partial charge in [0.1, 0.15) is 11.5 Å². The van der Waals surface area contributed by atoms with E-state index < -0.39 is 11.2 Å². The van der Waals surface area contributed by atoms with Crippen molar-refractivity contribution in [3.8, 4) is 5.75 Å². The highest BCUT2D eigenvalue weighted by Gasteiger charge is 2.31. The van der Waals surface area contributed by atoms with Gasteiger partial charge in [-0.15, -0.1) is 0 Å². The number of rotatable bonds is 4. The lowest BCUT2D eigenvalue weighted by atomic mass is 10.1. The van der Waals surface area contributed by atoms with E-state index in [9.17, 15) is 14.4 Å². The molecule has 0 fully saturated rings. The van der Waals surface area contributed by atoms with E-state index in [4.69, 9.17) is 4.74 Å². The predicted molar refractivity (Wildman–Crippen MR) is 109 cm³/mol. The van der Waals surface area contributed by atoms with Crippen molar-refractivity contribution in [3.63, 3.8) is 0 Å². The standard InChI is InChI=1S/C20H23N5O4/c1-12-9-23(14-7-5-6-8-15(14)29-4)19-21-17-16(24(19)10-12)18(27)25(11-13(2)26)20(28)22(17)3/h5-8,12H,9-11H2,1-4H3. The Bertz CT molecular complexity index is 1240. The SMILES string of the molecule is COc1ccccc1N1CC(C)Cn2c1nc1c2c(=O)n(CC(C)=O)c(=O)n1C. The van der Waals surface area contributed by atoms with E-state index in [0.29, 0.717) is 36.0 Å². The van der Waals surface area contributed by atoms with Crippen molar-refractivity contribution >= 4 is 28.6 Å². The van der Waals surface area contributed by atoms with Gasteiger partial charge in [-0.25, -0.2) is 4.79 Å². The summed E-state index contributed by atoms with van der Waals surface area (Å²) in [7, 11) is 3.18. The van der Waals surface area contributed by atoms with Gasteiger partial charge in [-0.3, -0.25) is 18.7 Å². The topological polar surface area (TPSA) is 91.4 Å². The van der Waals surface area contributed by atoms with Crippen LogP contribution < -0.4 is 20.9 Å². The number of fused-ring (bicyclic) bond motifs is 3. The number of Topliss-reactive ketones (excluding diaryl/α,β-unsaturated/α-hetero) is 1. The lowest BCUT2D eigenvalue weighted by Gasteiger charge is -2.33. The molecule has 0 radical (unpaired) electrons. The van der Waals surface area contributed by atoms with E-state index in [1.54, 1.807) is 14.2 Å². The lowest BCUT2D eigenvalue weighted by molar-refractivity contribution is -0.117. The molecule has 152 valence electrons. The molecule has 0 saturated heterocycles. The molecule has 2 aromatic heterocycles. The molecular weight excluding hydrogens is 374 g/mol. The summed E-state index contributed by atoms with van der Waals surface area (Å²) >= 11 is 0. The first-order valence-electron chi connectivity index (χ1n) is 9.43. The number of methoxy groups -OCH3 is 1. The fourth-order valence-electron chi connectivity index (χ4n) is 3.92. The van der Waals surface area contributed by atoms with Crippen molar-refractivity contribution in [3.05, 3.63) is 45.1 Å². The van der Waals surface area contributed by atoms with E-state index in [2.05, 4.69) is 11.9 Å². The van der Waals surface area contributed by atoms with Crippen LogP contribution in [0.4, 0.5) is 11.6 Å². The van der Waals surface area contributed by atoms with E-state index in [1.807, 2.05) is 33.7 Å². The van der Waals surface area contributed by atoms with Gasteiger partial charge in [0.05, 0.1) is 19.3 Å². The molecule has 1 aliphatic rings. The minimum atomic E-state index is -0.551. The highest BCUT2D eigenvalue weighted by molar-refractivity contribution is 5.79. The van der Waals surface area contributed by atoms with E-state index >= 15 is 0 Å². The maximum absolute atomic E-state index is 13.1. The van der Waals surface area contributed by atoms with E-state index in [1.165, 1.54) is 11.5 Å². The zero-order valence-corrected chi connectivity index (χ0v) is 16.9. The second kappa shape index (κ2) is 6.91. The Balaban J connectivity index is 2.03. The number of carbonyl (C=O) groups excluding carboxylic acids is 1. The molecule has 3 aromatic rings. The smallest absolute Gasteiger partial charge is 0.332 e. The van der Waals surface area contributed by atoms with Gasteiger partial charge < -0.3 is 14.2 Å². The Morgan fingerprint density at radius 3 is 2.66 bits per heavy atom. The number of aryl methyl sites for hydroxylation is 1. The van der Waals surface area contributed by atoms with Crippen molar-refractivity contribution in [1.82, 2.24) is 18.7 Å². The summed E-state index contributed by atoms with van der Waals surface area (Å²) in [6.45, 7) is 4.47. The summed E-state index contributed by atoms with van der Waals surface area (Å²) in [6, 6.07) is 7.62. The average molecular weight is 397 g/mol. The summed E-state index contributed by atoms with van der Waals surface area (Å²) in [4.78, 5) is 44.1. The molecule has 1 atom stereocenters. The molecule has 9 nitrogen and oxygen atoms in total. The average Bonchev–Trinajstić information content (AvgIpc) is 3.08. The first-order chi connectivity index (χ1) is 13.8. The van der Waals surface area contributed by atoms with Gasteiger partial charge in [-0.05, 0) is 25.0 Å². The first kappa shape index (κ1) is 19.0. The Morgan fingerprint density at radius 1 is 1.24 bits per heavy atom. The maximum atomic E-state index is 13.1. The zero-order valence-electron chi connectivity index (χ0n) is 16.9. The second-order valence-electron chi connectivity index (χ2n) is 7.52. The normalized spacial score (nSPS) is 16.1. The molecule has 1 aromatic carbocycles. The molecule has 29 heavy (non-hydrogen) atoms. The number of benzene rings is 1. The van der Waals surface area contributed by atoms with Gasteiger partial charge in [-0.1, -0.05) is 19.1 Å². The van der Waals surface area contributed by atoms with Crippen LogP contribution in [0, 0.1) is 5.92 Å². The number of aromatic nitrogens is 4.